The summed E-state index contributed by atoms with van der Waals surface area (Å²) in [6.45, 7) is 0. The first kappa shape index (κ1) is 18.4. The molecule has 1 heterocycles. The maximum absolute atomic E-state index is 12.2. The summed E-state index contributed by atoms with van der Waals surface area (Å²) < 4.78 is 29.8. The van der Waals surface area contributed by atoms with Gasteiger partial charge in [-0.25, -0.2) is 8.42 Å². The first-order valence-electron chi connectivity index (χ1n) is 7.97. The lowest BCUT2D eigenvalue weighted by Gasteiger charge is -2.17. The van der Waals surface area contributed by atoms with E-state index in [1.54, 1.807) is 42.6 Å². The van der Waals surface area contributed by atoms with E-state index < -0.39 is 9.84 Å². The smallest absolute Gasteiger partial charge is 0.175 e. The number of benzene rings is 2. The predicted molar refractivity (Wildman–Crippen MR) is 104 cm³/mol. The molecule has 0 atom stereocenters. The van der Waals surface area contributed by atoms with E-state index in [2.05, 4.69) is 11.1 Å². The molecule has 0 fully saturated rings. The normalized spacial score (nSPS) is 11.0. The van der Waals surface area contributed by atoms with Crippen LogP contribution in [-0.2, 0) is 9.84 Å². The highest BCUT2D eigenvalue weighted by Gasteiger charge is 2.20. The number of anilines is 1. The van der Waals surface area contributed by atoms with Gasteiger partial charge in [0.2, 0.25) is 0 Å². The number of sulfone groups is 1. The SMILES string of the molecule is COc1cc(S(C)(=O)=O)cc(-c2ccc(N)cc2)c1-c1cncc(C#N)c1. The number of aromatic nitrogens is 1. The molecule has 0 saturated heterocycles. The lowest BCUT2D eigenvalue weighted by molar-refractivity contribution is 0.415. The Morgan fingerprint density at radius 2 is 1.78 bits per heavy atom. The maximum atomic E-state index is 12.2. The number of nitrogens with zero attached hydrogens (tertiary/aromatic N) is 2. The summed E-state index contributed by atoms with van der Waals surface area (Å²) in [5.41, 5.74) is 9.49. The Labute approximate surface area is 157 Å². The largest absolute Gasteiger partial charge is 0.496 e. The molecular formula is C20H17N3O3S. The molecule has 0 saturated carbocycles. The molecule has 0 aliphatic carbocycles. The molecule has 0 unspecified atom stereocenters. The van der Waals surface area contributed by atoms with Crippen LogP contribution in [0.25, 0.3) is 22.3 Å². The number of nitriles is 1. The topological polar surface area (TPSA) is 106 Å². The fourth-order valence-corrected chi connectivity index (χ4v) is 3.44. The monoisotopic (exact) mass is 379 g/mol. The van der Waals surface area contributed by atoms with Crippen molar-refractivity contribution in [1.29, 1.82) is 5.26 Å². The molecule has 1 aromatic heterocycles. The Bertz CT molecular complexity index is 1150. The molecule has 6 nitrogen and oxygen atoms in total. The van der Waals surface area contributed by atoms with Crippen molar-refractivity contribution in [1.82, 2.24) is 4.98 Å². The van der Waals surface area contributed by atoms with E-state index in [1.807, 2.05) is 0 Å². The molecule has 3 aromatic rings. The fraction of sp³-hybridized carbons (Fsp3) is 0.100. The third-order valence-corrected chi connectivity index (χ3v) is 5.19. The summed E-state index contributed by atoms with van der Waals surface area (Å²) in [5, 5.41) is 9.19. The third kappa shape index (κ3) is 3.76. The molecule has 2 aromatic carbocycles. The van der Waals surface area contributed by atoms with Crippen molar-refractivity contribution in [2.75, 3.05) is 19.1 Å². The molecule has 0 amide bonds. The van der Waals surface area contributed by atoms with Crippen LogP contribution in [0.3, 0.4) is 0 Å². The van der Waals surface area contributed by atoms with Gasteiger partial charge in [-0.05, 0) is 41.5 Å². The summed E-state index contributed by atoms with van der Waals surface area (Å²) in [6.07, 6.45) is 4.22. The zero-order valence-corrected chi connectivity index (χ0v) is 15.6. The van der Waals surface area contributed by atoms with Crippen LogP contribution in [0.15, 0.2) is 59.8 Å². The van der Waals surface area contributed by atoms with Crippen molar-refractivity contribution >= 4 is 15.5 Å². The van der Waals surface area contributed by atoms with Crippen LogP contribution in [0, 0.1) is 11.3 Å². The van der Waals surface area contributed by atoms with Crippen LogP contribution >= 0.6 is 0 Å². The third-order valence-electron chi connectivity index (χ3n) is 4.10. The summed E-state index contributed by atoms with van der Waals surface area (Å²) in [5.74, 6) is 0.377. The minimum Gasteiger partial charge on any atom is -0.496 e. The van der Waals surface area contributed by atoms with Gasteiger partial charge in [0, 0.05) is 35.5 Å². The maximum Gasteiger partial charge on any atom is 0.175 e. The lowest BCUT2D eigenvalue weighted by atomic mass is 9.94. The summed E-state index contributed by atoms with van der Waals surface area (Å²) >= 11 is 0. The van der Waals surface area contributed by atoms with Gasteiger partial charge in [-0.3, -0.25) is 4.98 Å². The van der Waals surface area contributed by atoms with Gasteiger partial charge in [0.05, 0.1) is 17.6 Å². The lowest BCUT2D eigenvalue weighted by Crippen LogP contribution is -2.01. The summed E-state index contributed by atoms with van der Waals surface area (Å²) in [7, 11) is -1.99. The standard InChI is InChI=1S/C20H17N3O3S/c1-26-19-9-17(27(2,24)25)8-18(14-3-5-16(22)6-4-14)20(19)15-7-13(10-21)11-23-12-15/h3-9,11-12H,22H2,1-2H3. The van der Waals surface area contributed by atoms with Gasteiger partial charge in [-0.15, -0.1) is 0 Å². The average molecular weight is 379 g/mol. The van der Waals surface area contributed by atoms with Crippen LogP contribution in [0.1, 0.15) is 5.56 Å². The van der Waals surface area contributed by atoms with E-state index in [-0.39, 0.29) is 4.90 Å². The highest BCUT2D eigenvalue weighted by Crippen LogP contribution is 2.41. The van der Waals surface area contributed by atoms with Gasteiger partial charge in [-0.1, -0.05) is 12.1 Å². The molecule has 0 spiro atoms. The number of nitrogen functional groups attached to an aromatic ring is 1. The molecule has 2 N–H and O–H groups in total. The van der Waals surface area contributed by atoms with Gasteiger partial charge >= 0.3 is 0 Å². The minimum absolute atomic E-state index is 0.138. The van der Waals surface area contributed by atoms with E-state index in [4.69, 9.17) is 10.5 Å². The minimum atomic E-state index is -3.46. The van der Waals surface area contributed by atoms with Gasteiger partial charge < -0.3 is 10.5 Å². The number of pyridine rings is 1. The van der Waals surface area contributed by atoms with Crippen molar-refractivity contribution in [3.8, 4) is 34.1 Å². The molecule has 0 radical (unpaired) electrons. The number of nitrogens with two attached hydrogens (primary N) is 1. The Hall–Kier alpha value is -3.37. The van der Waals surface area contributed by atoms with Crippen molar-refractivity contribution < 1.29 is 13.2 Å². The van der Waals surface area contributed by atoms with Gasteiger partial charge in [0.15, 0.2) is 9.84 Å². The number of methoxy groups -OCH3 is 1. The Morgan fingerprint density at radius 1 is 1.07 bits per heavy atom. The molecule has 136 valence electrons. The quantitative estimate of drug-likeness (QED) is 0.697. The molecule has 3 rings (SSSR count). The van der Waals surface area contributed by atoms with Crippen LogP contribution in [-0.4, -0.2) is 26.8 Å². The summed E-state index contributed by atoms with van der Waals surface area (Å²) in [6, 6.07) is 13.9. The van der Waals surface area contributed by atoms with E-state index in [1.165, 1.54) is 19.4 Å². The Morgan fingerprint density at radius 3 is 2.37 bits per heavy atom. The second kappa shape index (κ2) is 7.09. The highest BCUT2D eigenvalue weighted by atomic mass is 32.2. The van der Waals surface area contributed by atoms with Crippen LogP contribution in [0.2, 0.25) is 0 Å². The van der Waals surface area contributed by atoms with Crippen LogP contribution < -0.4 is 10.5 Å². The first-order chi connectivity index (χ1) is 12.8. The Balaban J connectivity index is 2.39. The van der Waals surface area contributed by atoms with E-state index in [0.717, 1.165) is 11.8 Å². The summed E-state index contributed by atoms with van der Waals surface area (Å²) in [4.78, 5) is 4.25. The van der Waals surface area contributed by atoms with E-state index in [0.29, 0.717) is 33.7 Å². The number of ether oxygens (including phenoxy) is 1. The zero-order valence-electron chi connectivity index (χ0n) is 14.8. The zero-order chi connectivity index (χ0) is 19.6. The molecule has 27 heavy (non-hydrogen) atoms. The number of hydrogen-bond donors (Lipinski definition) is 1. The molecule has 0 aliphatic heterocycles. The highest BCUT2D eigenvalue weighted by molar-refractivity contribution is 7.90. The van der Waals surface area contributed by atoms with Gasteiger partial charge in [0.1, 0.15) is 11.8 Å². The fourth-order valence-electron chi connectivity index (χ4n) is 2.79. The number of rotatable bonds is 4. The molecular weight excluding hydrogens is 362 g/mol. The predicted octanol–water partition coefficient (Wildman–Crippen LogP) is 3.28. The second-order valence-electron chi connectivity index (χ2n) is 6.02. The molecule has 7 heteroatoms. The Kier molecular flexibility index (Phi) is 4.84. The van der Waals surface area contributed by atoms with Crippen molar-refractivity contribution in [2.45, 2.75) is 4.90 Å². The van der Waals surface area contributed by atoms with Crippen LogP contribution in [0.5, 0.6) is 5.75 Å². The molecule has 0 aliphatic rings. The second-order valence-corrected chi connectivity index (χ2v) is 8.03. The van der Waals surface area contributed by atoms with Crippen molar-refractivity contribution in [2.24, 2.45) is 0 Å². The van der Waals surface area contributed by atoms with Crippen molar-refractivity contribution in [3.63, 3.8) is 0 Å². The van der Waals surface area contributed by atoms with Crippen molar-refractivity contribution in [3.05, 3.63) is 60.4 Å². The number of hydrogen-bond acceptors (Lipinski definition) is 6. The van der Waals surface area contributed by atoms with Gasteiger partial charge in [-0.2, -0.15) is 5.26 Å². The van der Waals surface area contributed by atoms with E-state index >= 15 is 0 Å². The molecule has 0 bridgehead atoms. The van der Waals surface area contributed by atoms with Gasteiger partial charge in [0.25, 0.3) is 0 Å². The average Bonchev–Trinajstić information content (AvgIpc) is 2.66. The van der Waals surface area contributed by atoms with E-state index in [9.17, 15) is 13.7 Å². The first-order valence-corrected chi connectivity index (χ1v) is 9.86. The van der Waals surface area contributed by atoms with Crippen LogP contribution in [0.4, 0.5) is 5.69 Å².